The summed E-state index contributed by atoms with van der Waals surface area (Å²) in [4.78, 5) is 38.3. The Labute approximate surface area is 154 Å². The molecule has 1 heterocycles. The molecular weight excluding hydrogens is 332 g/mol. The van der Waals surface area contributed by atoms with Crippen molar-refractivity contribution in [3.63, 3.8) is 0 Å². The van der Waals surface area contributed by atoms with Gasteiger partial charge in [0.1, 0.15) is 0 Å². The minimum Gasteiger partial charge on any atom is -0.349 e. The first-order valence-corrected chi connectivity index (χ1v) is 9.16. The summed E-state index contributed by atoms with van der Waals surface area (Å²) < 4.78 is 0. The van der Waals surface area contributed by atoms with Crippen LogP contribution >= 0.6 is 0 Å². The van der Waals surface area contributed by atoms with Gasteiger partial charge in [0, 0.05) is 30.4 Å². The number of likely N-dealkylation sites (N-methyl/N-ethyl adjacent to an activating group) is 1. The predicted octanol–water partition coefficient (Wildman–Crippen LogP) is 0.181. The highest BCUT2D eigenvalue weighted by Crippen LogP contribution is 2.22. The van der Waals surface area contributed by atoms with Gasteiger partial charge in [-0.2, -0.15) is 0 Å². The van der Waals surface area contributed by atoms with Crippen molar-refractivity contribution in [3.8, 4) is 0 Å². The molecule has 0 aliphatic carbocycles. The Kier molecular flexibility index (Phi) is 7.15. The van der Waals surface area contributed by atoms with Crippen molar-refractivity contribution in [3.05, 3.63) is 24.3 Å². The van der Waals surface area contributed by atoms with Crippen LogP contribution in [0.1, 0.15) is 33.1 Å². The van der Waals surface area contributed by atoms with E-state index >= 15 is 0 Å². The quantitative estimate of drug-likeness (QED) is 0.618. The lowest BCUT2D eigenvalue weighted by atomic mass is 10.2. The summed E-state index contributed by atoms with van der Waals surface area (Å²) >= 11 is 0. The van der Waals surface area contributed by atoms with Crippen LogP contribution in [-0.4, -0.2) is 50.4 Å². The molecule has 0 saturated carbocycles. The van der Waals surface area contributed by atoms with Gasteiger partial charge in [0.25, 0.3) is 5.91 Å². The fourth-order valence-corrected chi connectivity index (χ4v) is 2.93. The number of quaternary nitrogens is 1. The van der Waals surface area contributed by atoms with Crippen molar-refractivity contribution < 1.29 is 19.3 Å². The van der Waals surface area contributed by atoms with Gasteiger partial charge in [0.2, 0.25) is 11.8 Å². The Morgan fingerprint density at radius 2 is 1.88 bits per heavy atom. The second kappa shape index (κ2) is 9.33. The molecule has 7 heteroatoms. The van der Waals surface area contributed by atoms with E-state index in [1.165, 1.54) is 0 Å². The normalized spacial score (nSPS) is 15.2. The Bertz CT molecular complexity index is 643. The average Bonchev–Trinajstić information content (AvgIpc) is 2.99. The van der Waals surface area contributed by atoms with Crippen molar-refractivity contribution in [1.29, 1.82) is 0 Å². The predicted molar refractivity (Wildman–Crippen MR) is 101 cm³/mol. The SMILES string of the molecule is CC(C)NC(=O)C[NH+](C)CCC(=O)Nc1ccc(N2CCCC2=O)cc1. The number of hydrogen-bond donors (Lipinski definition) is 3. The molecule has 3 N–H and O–H groups in total. The molecule has 1 aromatic carbocycles. The Morgan fingerprint density at radius 1 is 1.19 bits per heavy atom. The maximum absolute atomic E-state index is 12.1. The van der Waals surface area contributed by atoms with Gasteiger partial charge in [-0.3, -0.25) is 14.4 Å². The zero-order chi connectivity index (χ0) is 19.1. The van der Waals surface area contributed by atoms with E-state index in [1.807, 2.05) is 45.2 Å². The molecule has 1 aliphatic rings. The molecule has 1 fully saturated rings. The first-order valence-electron chi connectivity index (χ1n) is 9.16. The first-order chi connectivity index (χ1) is 12.3. The molecule has 1 aromatic rings. The van der Waals surface area contributed by atoms with E-state index in [2.05, 4.69) is 10.6 Å². The number of nitrogens with zero attached hydrogens (tertiary/aromatic N) is 1. The van der Waals surface area contributed by atoms with E-state index in [4.69, 9.17) is 0 Å². The lowest BCUT2D eigenvalue weighted by Crippen LogP contribution is -3.10. The van der Waals surface area contributed by atoms with Gasteiger partial charge >= 0.3 is 0 Å². The molecule has 0 aromatic heterocycles. The van der Waals surface area contributed by atoms with Crippen molar-refractivity contribution in [2.75, 3.05) is 36.9 Å². The fourth-order valence-electron chi connectivity index (χ4n) is 2.93. The average molecular weight is 361 g/mol. The number of anilines is 2. The van der Waals surface area contributed by atoms with E-state index in [0.29, 0.717) is 31.6 Å². The number of hydrogen-bond acceptors (Lipinski definition) is 3. The van der Waals surface area contributed by atoms with Gasteiger partial charge < -0.3 is 20.4 Å². The second-order valence-corrected chi connectivity index (χ2v) is 7.10. The van der Waals surface area contributed by atoms with Crippen LogP contribution in [0.15, 0.2) is 24.3 Å². The smallest absolute Gasteiger partial charge is 0.275 e. The summed E-state index contributed by atoms with van der Waals surface area (Å²) in [7, 11) is 1.90. The Hall–Kier alpha value is -2.41. The molecule has 7 nitrogen and oxygen atoms in total. The third kappa shape index (κ3) is 6.15. The summed E-state index contributed by atoms with van der Waals surface area (Å²) in [5.74, 6) is 0.0536. The van der Waals surface area contributed by atoms with Crippen LogP contribution in [-0.2, 0) is 14.4 Å². The molecule has 1 saturated heterocycles. The fraction of sp³-hybridized carbons (Fsp3) is 0.526. The first kappa shape index (κ1) is 19.9. The zero-order valence-electron chi connectivity index (χ0n) is 15.8. The van der Waals surface area contributed by atoms with Crippen molar-refractivity contribution in [1.82, 2.24) is 5.32 Å². The minimum absolute atomic E-state index is 0.00930. The van der Waals surface area contributed by atoms with Crippen molar-refractivity contribution in [2.24, 2.45) is 0 Å². The van der Waals surface area contributed by atoms with Gasteiger partial charge in [-0.05, 0) is 44.5 Å². The molecular formula is C19H29N4O3+. The number of rotatable bonds is 8. The third-order valence-corrected chi connectivity index (χ3v) is 4.23. The number of carbonyl (C=O) groups excluding carboxylic acids is 3. The second-order valence-electron chi connectivity index (χ2n) is 7.10. The maximum Gasteiger partial charge on any atom is 0.275 e. The largest absolute Gasteiger partial charge is 0.349 e. The zero-order valence-corrected chi connectivity index (χ0v) is 15.8. The van der Waals surface area contributed by atoms with Crippen LogP contribution in [0.5, 0.6) is 0 Å². The van der Waals surface area contributed by atoms with Gasteiger partial charge in [-0.15, -0.1) is 0 Å². The topological polar surface area (TPSA) is 82.9 Å². The summed E-state index contributed by atoms with van der Waals surface area (Å²) in [5, 5.41) is 5.70. The highest BCUT2D eigenvalue weighted by molar-refractivity contribution is 5.96. The monoisotopic (exact) mass is 361 g/mol. The van der Waals surface area contributed by atoms with Gasteiger partial charge in [-0.25, -0.2) is 0 Å². The Balaban J connectivity index is 1.75. The molecule has 0 radical (unpaired) electrons. The highest BCUT2D eigenvalue weighted by Gasteiger charge is 2.21. The Morgan fingerprint density at radius 3 is 2.46 bits per heavy atom. The molecule has 3 amide bonds. The van der Waals surface area contributed by atoms with Crippen LogP contribution < -0.4 is 20.4 Å². The van der Waals surface area contributed by atoms with Crippen LogP contribution in [0.3, 0.4) is 0 Å². The molecule has 2 rings (SSSR count). The standard InChI is InChI=1S/C19H28N4O3/c1-14(2)20-18(25)13-22(3)12-10-17(24)21-15-6-8-16(9-7-15)23-11-4-5-19(23)26/h6-9,14H,4-5,10-13H2,1-3H3,(H,20,25)(H,21,24)/p+1. The highest BCUT2D eigenvalue weighted by atomic mass is 16.2. The van der Waals surface area contributed by atoms with Gasteiger partial charge in [-0.1, -0.05) is 0 Å². The molecule has 142 valence electrons. The van der Waals surface area contributed by atoms with Crippen LogP contribution in [0, 0.1) is 0 Å². The lowest BCUT2D eigenvalue weighted by Gasteiger charge is -2.16. The third-order valence-electron chi connectivity index (χ3n) is 4.23. The van der Waals surface area contributed by atoms with E-state index in [1.54, 1.807) is 4.90 Å². The van der Waals surface area contributed by atoms with Gasteiger partial charge in [0.15, 0.2) is 6.54 Å². The van der Waals surface area contributed by atoms with Crippen LogP contribution in [0.25, 0.3) is 0 Å². The van der Waals surface area contributed by atoms with Crippen LogP contribution in [0.4, 0.5) is 11.4 Å². The molecule has 26 heavy (non-hydrogen) atoms. The molecule has 1 unspecified atom stereocenters. The van der Waals surface area contributed by atoms with E-state index in [0.717, 1.165) is 23.6 Å². The van der Waals surface area contributed by atoms with Crippen molar-refractivity contribution >= 4 is 29.1 Å². The van der Waals surface area contributed by atoms with Gasteiger partial charge in [0.05, 0.1) is 20.0 Å². The van der Waals surface area contributed by atoms with Crippen molar-refractivity contribution in [2.45, 2.75) is 39.2 Å². The number of nitrogens with one attached hydrogen (secondary N) is 3. The summed E-state index contributed by atoms with van der Waals surface area (Å²) in [6.07, 6.45) is 1.83. The molecule has 0 spiro atoms. The molecule has 0 bridgehead atoms. The van der Waals surface area contributed by atoms with E-state index in [-0.39, 0.29) is 23.8 Å². The molecule has 1 aliphatic heterocycles. The van der Waals surface area contributed by atoms with E-state index in [9.17, 15) is 14.4 Å². The van der Waals surface area contributed by atoms with E-state index < -0.39 is 0 Å². The summed E-state index contributed by atoms with van der Waals surface area (Å²) in [5.41, 5.74) is 1.58. The summed E-state index contributed by atoms with van der Waals surface area (Å²) in [6, 6.07) is 7.45. The molecule has 1 atom stereocenters. The number of benzene rings is 1. The summed E-state index contributed by atoms with van der Waals surface area (Å²) in [6.45, 7) is 5.53. The van der Waals surface area contributed by atoms with Crippen LogP contribution in [0.2, 0.25) is 0 Å². The number of carbonyl (C=O) groups is 3. The maximum atomic E-state index is 12.1. The lowest BCUT2D eigenvalue weighted by molar-refractivity contribution is -0.870. The number of amides is 3. The minimum atomic E-state index is -0.0846.